The second kappa shape index (κ2) is 5.41. The zero-order valence-corrected chi connectivity index (χ0v) is 12.6. The number of aliphatic hydroxyl groups excluding tert-OH is 1. The Morgan fingerprint density at radius 2 is 1.95 bits per heavy atom. The van der Waals surface area contributed by atoms with Gasteiger partial charge in [0.2, 0.25) is 0 Å². The summed E-state index contributed by atoms with van der Waals surface area (Å²) in [5.41, 5.74) is 3.98. The van der Waals surface area contributed by atoms with E-state index in [0.717, 1.165) is 28.3 Å². The molecule has 5 heteroatoms. The van der Waals surface area contributed by atoms with E-state index in [0.29, 0.717) is 25.4 Å². The SMILES string of the molecule is Cc1nn(C)c(C)c1CC(O)c1ccc2c(c1)OCCO2. The zero-order valence-electron chi connectivity index (χ0n) is 12.6. The number of hydrogen-bond acceptors (Lipinski definition) is 4. The van der Waals surface area contributed by atoms with Crippen molar-refractivity contribution in [1.82, 2.24) is 9.78 Å². The molecule has 0 fully saturated rings. The number of fused-ring (bicyclic) bond motifs is 1. The summed E-state index contributed by atoms with van der Waals surface area (Å²) in [6.07, 6.45) is -0.0343. The Morgan fingerprint density at radius 1 is 1.24 bits per heavy atom. The fourth-order valence-electron chi connectivity index (χ4n) is 2.69. The van der Waals surface area contributed by atoms with E-state index in [-0.39, 0.29) is 0 Å². The van der Waals surface area contributed by atoms with Crippen molar-refractivity contribution in [2.45, 2.75) is 26.4 Å². The molecule has 2 heterocycles. The predicted octanol–water partition coefficient (Wildman–Crippen LogP) is 2.08. The highest BCUT2D eigenvalue weighted by molar-refractivity contribution is 5.44. The number of benzene rings is 1. The van der Waals surface area contributed by atoms with Gasteiger partial charge in [-0.15, -0.1) is 0 Å². The normalized spacial score (nSPS) is 15.0. The number of aliphatic hydroxyl groups is 1. The van der Waals surface area contributed by atoms with Gasteiger partial charge in [0.1, 0.15) is 13.2 Å². The van der Waals surface area contributed by atoms with Gasteiger partial charge >= 0.3 is 0 Å². The molecule has 21 heavy (non-hydrogen) atoms. The lowest BCUT2D eigenvalue weighted by Gasteiger charge is -2.20. The van der Waals surface area contributed by atoms with Crippen molar-refractivity contribution in [3.8, 4) is 11.5 Å². The maximum Gasteiger partial charge on any atom is 0.161 e. The maximum atomic E-state index is 10.5. The molecule has 1 unspecified atom stereocenters. The highest BCUT2D eigenvalue weighted by Crippen LogP contribution is 2.33. The molecule has 5 nitrogen and oxygen atoms in total. The van der Waals surface area contributed by atoms with E-state index in [4.69, 9.17) is 9.47 Å². The smallest absolute Gasteiger partial charge is 0.161 e. The summed E-state index contributed by atoms with van der Waals surface area (Å²) < 4.78 is 12.9. The van der Waals surface area contributed by atoms with E-state index in [1.54, 1.807) is 0 Å². The van der Waals surface area contributed by atoms with Gasteiger partial charge in [-0.1, -0.05) is 6.07 Å². The lowest BCUT2D eigenvalue weighted by atomic mass is 9.99. The molecule has 0 saturated heterocycles. The van der Waals surface area contributed by atoms with Crippen LogP contribution in [0.4, 0.5) is 0 Å². The van der Waals surface area contributed by atoms with Gasteiger partial charge in [0.15, 0.2) is 11.5 Å². The summed E-state index contributed by atoms with van der Waals surface area (Å²) >= 11 is 0. The van der Waals surface area contributed by atoms with Crippen molar-refractivity contribution in [1.29, 1.82) is 0 Å². The largest absolute Gasteiger partial charge is 0.486 e. The van der Waals surface area contributed by atoms with Crippen LogP contribution in [0.1, 0.15) is 28.6 Å². The quantitative estimate of drug-likeness (QED) is 0.939. The van der Waals surface area contributed by atoms with Crippen LogP contribution in [0.25, 0.3) is 0 Å². The average Bonchev–Trinajstić information content (AvgIpc) is 2.73. The Kier molecular flexibility index (Phi) is 3.59. The minimum absolute atomic E-state index is 0.547. The molecule has 0 radical (unpaired) electrons. The van der Waals surface area contributed by atoms with Crippen molar-refractivity contribution in [3.63, 3.8) is 0 Å². The van der Waals surface area contributed by atoms with Crippen LogP contribution in [-0.2, 0) is 13.5 Å². The second-order valence-corrected chi connectivity index (χ2v) is 5.40. The third kappa shape index (κ3) is 2.61. The first-order chi connectivity index (χ1) is 10.1. The topological polar surface area (TPSA) is 56.5 Å². The van der Waals surface area contributed by atoms with Crippen LogP contribution in [0.3, 0.4) is 0 Å². The number of nitrogens with zero attached hydrogens (tertiary/aromatic N) is 2. The Hall–Kier alpha value is -2.01. The molecule has 112 valence electrons. The van der Waals surface area contributed by atoms with Crippen molar-refractivity contribution in [2.24, 2.45) is 7.05 Å². The van der Waals surface area contributed by atoms with Gasteiger partial charge in [-0.05, 0) is 37.1 Å². The summed E-state index contributed by atoms with van der Waals surface area (Å²) in [4.78, 5) is 0. The lowest BCUT2D eigenvalue weighted by molar-refractivity contribution is 0.164. The number of hydrogen-bond donors (Lipinski definition) is 1. The highest BCUT2D eigenvalue weighted by Gasteiger charge is 2.18. The van der Waals surface area contributed by atoms with Crippen LogP contribution in [0.5, 0.6) is 11.5 Å². The van der Waals surface area contributed by atoms with Gasteiger partial charge in [0, 0.05) is 19.2 Å². The number of rotatable bonds is 3. The Morgan fingerprint density at radius 3 is 2.62 bits per heavy atom. The number of ether oxygens (including phenoxy) is 2. The molecule has 0 spiro atoms. The third-order valence-electron chi connectivity index (χ3n) is 4.01. The van der Waals surface area contributed by atoms with E-state index in [2.05, 4.69) is 5.10 Å². The first kappa shape index (κ1) is 13.9. The molecule has 3 rings (SSSR count). The number of aryl methyl sites for hydroxylation is 2. The highest BCUT2D eigenvalue weighted by atomic mass is 16.6. The minimum atomic E-state index is -0.581. The van der Waals surface area contributed by atoms with E-state index in [9.17, 15) is 5.11 Å². The predicted molar refractivity (Wildman–Crippen MR) is 78.8 cm³/mol. The third-order valence-corrected chi connectivity index (χ3v) is 4.01. The van der Waals surface area contributed by atoms with Gasteiger partial charge in [0.05, 0.1) is 11.8 Å². The van der Waals surface area contributed by atoms with Crippen molar-refractivity contribution >= 4 is 0 Å². The average molecular weight is 288 g/mol. The van der Waals surface area contributed by atoms with Crippen LogP contribution in [-0.4, -0.2) is 28.1 Å². The fraction of sp³-hybridized carbons (Fsp3) is 0.438. The van der Waals surface area contributed by atoms with E-state index in [1.807, 2.05) is 43.8 Å². The maximum absolute atomic E-state index is 10.5. The first-order valence-corrected chi connectivity index (χ1v) is 7.13. The molecule has 1 aromatic heterocycles. The van der Waals surface area contributed by atoms with E-state index >= 15 is 0 Å². The molecule has 1 aliphatic heterocycles. The van der Waals surface area contributed by atoms with Crippen LogP contribution in [0.15, 0.2) is 18.2 Å². The van der Waals surface area contributed by atoms with Gasteiger partial charge in [-0.2, -0.15) is 5.10 Å². The monoisotopic (exact) mass is 288 g/mol. The van der Waals surface area contributed by atoms with Gasteiger partial charge < -0.3 is 14.6 Å². The fourth-order valence-corrected chi connectivity index (χ4v) is 2.69. The standard InChI is InChI=1S/C16H20N2O3/c1-10-13(11(2)18(3)17-10)9-14(19)12-4-5-15-16(8-12)21-7-6-20-15/h4-5,8,14,19H,6-7,9H2,1-3H3. The molecule has 0 saturated carbocycles. The van der Waals surface area contributed by atoms with E-state index in [1.165, 1.54) is 0 Å². The molecule has 0 amide bonds. The Balaban J connectivity index is 1.83. The molecular formula is C16H20N2O3. The molecule has 1 N–H and O–H groups in total. The molecule has 1 atom stereocenters. The van der Waals surface area contributed by atoms with Gasteiger partial charge in [-0.3, -0.25) is 4.68 Å². The molecule has 0 aliphatic carbocycles. The summed E-state index contributed by atoms with van der Waals surface area (Å²) in [5.74, 6) is 1.45. The Labute approximate surface area is 124 Å². The van der Waals surface area contributed by atoms with Gasteiger partial charge in [-0.25, -0.2) is 0 Å². The second-order valence-electron chi connectivity index (χ2n) is 5.40. The summed E-state index contributed by atoms with van der Waals surface area (Å²) in [5, 5.41) is 14.9. The van der Waals surface area contributed by atoms with Crippen molar-refractivity contribution in [2.75, 3.05) is 13.2 Å². The van der Waals surface area contributed by atoms with Crippen LogP contribution in [0, 0.1) is 13.8 Å². The summed E-state index contributed by atoms with van der Waals surface area (Å²) in [6.45, 7) is 5.11. The van der Waals surface area contributed by atoms with Crippen molar-refractivity contribution in [3.05, 3.63) is 40.7 Å². The summed E-state index contributed by atoms with van der Waals surface area (Å²) in [7, 11) is 1.92. The first-order valence-electron chi connectivity index (χ1n) is 7.13. The Bertz CT molecular complexity index is 664. The van der Waals surface area contributed by atoms with Crippen LogP contribution < -0.4 is 9.47 Å². The summed E-state index contributed by atoms with van der Waals surface area (Å²) in [6, 6.07) is 5.61. The zero-order chi connectivity index (χ0) is 15.0. The minimum Gasteiger partial charge on any atom is -0.486 e. The van der Waals surface area contributed by atoms with Gasteiger partial charge in [0.25, 0.3) is 0 Å². The molecule has 1 aliphatic rings. The number of aromatic nitrogens is 2. The molecular weight excluding hydrogens is 268 g/mol. The van der Waals surface area contributed by atoms with Crippen LogP contribution >= 0.6 is 0 Å². The van der Waals surface area contributed by atoms with Crippen LogP contribution in [0.2, 0.25) is 0 Å². The van der Waals surface area contributed by atoms with E-state index < -0.39 is 6.10 Å². The van der Waals surface area contributed by atoms with Crippen molar-refractivity contribution < 1.29 is 14.6 Å². The lowest BCUT2D eigenvalue weighted by Crippen LogP contribution is -2.15. The molecule has 0 bridgehead atoms. The molecule has 1 aromatic carbocycles. The molecule has 2 aromatic rings.